The molecule has 3 heterocycles. The fourth-order valence-electron chi connectivity index (χ4n) is 4.82. The van der Waals surface area contributed by atoms with Gasteiger partial charge in [-0.25, -0.2) is 19.2 Å². The third-order valence-electron chi connectivity index (χ3n) is 6.06. The van der Waals surface area contributed by atoms with Gasteiger partial charge in [0.25, 0.3) is 0 Å². The average Bonchev–Trinajstić information content (AvgIpc) is 3.39. The number of carbonyl (C=O) groups is 1. The Balaban J connectivity index is 1.66. The van der Waals surface area contributed by atoms with Crippen molar-refractivity contribution < 1.29 is 23.4 Å². The molecule has 0 amide bonds. The second-order valence-corrected chi connectivity index (χ2v) is 8.67. The minimum absolute atomic E-state index is 0.0256. The number of nitrogens with zero attached hydrogens (tertiary/aromatic N) is 3. The van der Waals surface area contributed by atoms with Gasteiger partial charge in [-0.3, -0.25) is 0 Å². The minimum Gasteiger partial charge on any atom is -0.465 e. The SMILES string of the molecule is COC(=O)c1ccccc1[C@@]1(F)C[C@@H](n2ccc3c(Cl)ncnc32)[C@@H]2OC(C)(C)O[C@@H]21. The van der Waals surface area contributed by atoms with Crippen molar-refractivity contribution in [2.45, 2.75) is 50.0 Å². The van der Waals surface area contributed by atoms with Gasteiger partial charge in [0, 0.05) is 18.2 Å². The van der Waals surface area contributed by atoms with Crippen LogP contribution in [0.4, 0.5) is 4.39 Å². The molecular weight excluding hydrogens is 425 g/mol. The zero-order valence-corrected chi connectivity index (χ0v) is 18.0. The van der Waals surface area contributed by atoms with Gasteiger partial charge in [-0.1, -0.05) is 29.8 Å². The van der Waals surface area contributed by atoms with Gasteiger partial charge in [-0.05, 0) is 26.0 Å². The molecule has 162 valence electrons. The second kappa shape index (κ2) is 6.98. The summed E-state index contributed by atoms with van der Waals surface area (Å²) in [4.78, 5) is 20.7. The van der Waals surface area contributed by atoms with Crippen LogP contribution in [0.5, 0.6) is 0 Å². The number of aromatic nitrogens is 3. The lowest BCUT2D eigenvalue weighted by atomic mass is 9.88. The van der Waals surface area contributed by atoms with Crippen molar-refractivity contribution in [3.8, 4) is 0 Å². The molecule has 1 saturated carbocycles. The number of carbonyl (C=O) groups excluding carboxylic acids is 1. The quantitative estimate of drug-likeness (QED) is 0.444. The van der Waals surface area contributed by atoms with Crippen LogP contribution in [0.2, 0.25) is 5.15 Å². The number of halogens is 2. The third kappa shape index (κ3) is 3.04. The molecule has 1 aliphatic carbocycles. The first kappa shape index (κ1) is 20.4. The number of hydrogen-bond acceptors (Lipinski definition) is 6. The van der Waals surface area contributed by atoms with E-state index in [9.17, 15) is 4.79 Å². The van der Waals surface area contributed by atoms with Gasteiger partial charge < -0.3 is 18.8 Å². The molecule has 2 fully saturated rings. The fourth-order valence-corrected chi connectivity index (χ4v) is 5.01. The standard InChI is InChI=1S/C22H21ClFN3O4/c1-21(2)30-16-15(27-9-8-13-18(23)25-11-26-19(13)27)10-22(24,17(16)31-21)14-7-5-4-6-12(14)20(28)29-3/h4-9,11,15-17H,10H2,1-3H3/t15-,16+,17+,22+/m1/s1. The molecule has 3 aromatic rings. The Hall–Kier alpha value is -2.55. The highest BCUT2D eigenvalue weighted by Crippen LogP contribution is 2.56. The van der Waals surface area contributed by atoms with E-state index in [1.807, 2.05) is 4.57 Å². The van der Waals surface area contributed by atoms with E-state index < -0.39 is 35.7 Å². The van der Waals surface area contributed by atoms with E-state index in [2.05, 4.69) is 9.97 Å². The number of rotatable bonds is 3. The summed E-state index contributed by atoms with van der Waals surface area (Å²) in [6, 6.07) is 7.90. The lowest BCUT2D eigenvalue weighted by Crippen LogP contribution is -2.37. The highest BCUT2D eigenvalue weighted by Gasteiger charge is 2.64. The molecule has 0 radical (unpaired) electrons. The van der Waals surface area contributed by atoms with Crippen LogP contribution < -0.4 is 0 Å². The number of ether oxygens (including phenoxy) is 3. The van der Waals surface area contributed by atoms with Crippen molar-refractivity contribution in [1.82, 2.24) is 14.5 Å². The topological polar surface area (TPSA) is 75.5 Å². The van der Waals surface area contributed by atoms with E-state index in [0.29, 0.717) is 16.2 Å². The van der Waals surface area contributed by atoms with E-state index in [-0.39, 0.29) is 17.5 Å². The van der Waals surface area contributed by atoms with E-state index in [1.165, 1.54) is 13.4 Å². The first-order chi connectivity index (χ1) is 14.7. The molecule has 0 spiro atoms. The Morgan fingerprint density at radius 1 is 1.26 bits per heavy atom. The number of benzene rings is 1. The molecule has 1 saturated heterocycles. The van der Waals surface area contributed by atoms with Crippen LogP contribution in [0.15, 0.2) is 42.9 Å². The van der Waals surface area contributed by atoms with Crippen molar-refractivity contribution in [1.29, 1.82) is 0 Å². The molecular formula is C22H21ClFN3O4. The Labute approximate surface area is 183 Å². The molecule has 2 aromatic heterocycles. The van der Waals surface area contributed by atoms with Gasteiger partial charge in [-0.15, -0.1) is 0 Å². The summed E-state index contributed by atoms with van der Waals surface area (Å²) in [6.07, 6.45) is 1.68. The smallest absolute Gasteiger partial charge is 0.338 e. The van der Waals surface area contributed by atoms with Crippen molar-refractivity contribution in [3.63, 3.8) is 0 Å². The summed E-state index contributed by atoms with van der Waals surface area (Å²) in [7, 11) is 1.28. The molecule has 2 aliphatic rings. The molecule has 0 N–H and O–H groups in total. The Bertz CT molecular complexity index is 1180. The van der Waals surface area contributed by atoms with E-state index >= 15 is 4.39 Å². The molecule has 0 unspecified atom stereocenters. The van der Waals surface area contributed by atoms with Gasteiger partial charge in [0.15, 0.2) is 11.5 Å². The van der Waals surface area contributed by atoms with Crippen LogP contribution in [0.25, 0.3) is 11.0 Å². The molecule has 9 heteroatoms. The van der Waals surface area contributed by atoms with Gasteiger partial charge in [-0.2, -0.15) is 0 Å². The first-order valence-corrected chi connectivity index (χ1v) is 10.3. The molecule has 7 nitrogen and oxygen atoms in total. The Kier molecular flexibility index (Phi) is 4.58. The number of hydrogen-bond donors (Lipinski definition) is 0. The van der Waals surface area contributed by atoms with Gasteiger partial charge in [0.05, 0.1) is 24.1 Å². The number of esters is 1. The maximum Gasteiger partial charge on any atom is 0.338 e. The van der Waals surface area contributed by atoms with Crippen LogP contribution in [0, 0.1) is 0 Å². The summed E-state index contributed by atoms with van der Waals surface area (Å²) < 4.78 is 35.9. The zero-order chi connectivity index (χ0) is 22.0. The Morgan fingerprint density at radius 3 is 2.81 bits per heavy atom. The van der Waals surface area contributed by atoms with Gasteiger partial charge >= 0.3 is 5.97 Å². The van der Waals surface area contributed by atoms with E-state index in [4.69, 9.17) is 25.8 Å². The van der Waals surface area contributed by atoms with E-state index in [0.717, 1.165) is 0 Å². The largest absolute Gasteiger partial charge is 0.465 e. The van der Waals surface area contributed by atoms with Gasteiger partial charge in [0.2, 0.25) is 0 Å². The molecule has 1 aliphatic heterocycles. The van der Waals surface area contributed by atoms with Crippen molar-refractivity contribution in [2.24, 2.45) is 0 Å². The fraction of sp³-hybridized carbons (Fsp3) is 0.409. The summed E-state index contributed by atoms with van der Waals surface area (Å²) in [5.74, 6) is -1.59. The van der Waals surface area contributed by atoms with Crippen molar-refractivity contribution in [3.05, 3.63) is 59.1 Å². The highest BCUT2D eigenvalue weighted by atomic mass is 35.5. The predicted molar refractivity (Wildman–Crippen MR) is 111 cm³/mol. The molecule has 4 atom stereocenters. The number of fused-ring (bicyclic) bond motifs is 2. The second-order valence-electron chi connectivity index (χ2n) is 8.32. The maximum atomic E-state index is 16.9. The lowest BCUT2D eigenvalue weighted by Gasteiger charge is -2.29. The Morgan fingerprint density at radius 2 is 2.03 bits per heavy atom. The van der Waals surface area contributed by atoms with Crippen LogP contribution in [0.3, 0.4) is 0 Å². The monoisotopic (exact) mass is 445 g/mol. The number of methoxy groups -OCH3 is 1. The molecule has 0 bridgehead atoms. The van der Waals surface area contributed by atoms with Crippen molar-refractivity contribution >= 4 is 28.6 Å². The van der Waals surface area contributed by atoms with Crippen LogP contribution in [-0.2, 0) is 19.9 Å². The highest BCUT2D eigenvalue weighted by molar-refractivity contribution is 6.33. The molecule has 5 rings (SSSR count). The third-order valence-corrected chi connectivity index (χ3v) is 6.36. The summed E-state index contributed by atoms with van der Waals surface area (Å²) in [5.41, 5.74) is -1.00. The van der Waals surface area contributed by atoms with Gasteiger partial charge in [0.1, 0.15) is 29.3 Å². The van der Waals surface area contributed by atoms with Crippen LogP contribution in [-0.4, -0.2) is 45.6 Å². The van der Waals surface area contributed by atoms with Crippen molar-refractivity contribution in [2.75, 3.05) is 7.11 Å². The van der Waals surface area contributed by atoms with Crippen LogP contribution in [0.1, 0.15) is 42.2 Å². The summed E-state index contributed by atoms with van der Waals surface area (Å²) >= 11 is 6.21. The normalized spacial score (nSPS) is 29.3. The maximum absolute atomic E-state index is 16.9. The summed E-state index contributed by atoms with van der Waals surface area (Å²) in [5, 5.41) is 0.995. The zero-order valence-electron chi connectivity index (χ0n) is 17.2. The summed E-state index contributed by atoms with van der Waals surface area (Å²) in [6.45, 7) is 3.50. The number of alkyl halides is 1. The molecule has 1 aromatic carbocycles. The van der Waals surface area contributed by atoms with E-state index in [1.54, 1.807) is 50.4 Å². The molecule has 31 heavy (non-hydrogen) atoms. The predicted octanol–water partition coefficient (Wildman–Crippen LogP) is 4.20. The minimum atomic E-state index is -1.98. The van der Waals surface area contributed by atoms with Crippen LogP contribution >= 0.6 is 11.6 Å². The average molecular weight is 446 g/mol. The first-order valence-electron chi connectivity index (χ1n) is 9.94. The lowest BCUT2D eigenvalue weighted by molar-refractivity contribution is -0.172.